The van der Waals surface area contributed by atoms with Gasteiger partial charge in [0, 0.05) is 18.5 Å². The molecule has 1 fully saturated rings. The van der Waals surface area contributed by atoms with E-state index in [1.54, 1.807) is 0 Å². The standard InChI is InChI=1S/C20H20BrN5O2/c21-13-7-12-1-2-14(8-17(12)23-9-13)27-10-15-3-4-18(28-15)26-6-5-16-19(22)24-11-25-20(16)26/h1-2,5-6,8-9,11,13,15,18H,3-4,7,10H2,(H2,22,24,25). The average molecular weight is 442 g/mol. The Morgan fingerprint density at radius 2 is 2.18 bits per heavy atom. The summed E-state index contributed by atoms with van der Waals surface area (Å²) in [6, 6.07) is 8.02. The highest BCUT2D eigenvalue weighted by Gasteiger charge is 2.28. The zero-order valence-electron chi connectivity index (χ0n) is 15.2. The van der Waals surface area contributed by atoms with E-state index in [1.165, 1.54) is 11.9 Å². The van der Waals surface area contributed by atoms with Crippen LogP contribution in [0, 0.1) is 0 Å². The molecule has 3 aromatic rings. The monoisotopic (exact) mass is 441 g/mol. The van der Waals surface area contributed by atoms with Crippen LogP contribution in [-0.4, -0.2) is 38.3 Å². The molecule has 0 radical (unpaired) electrons. The number of nitrogen functional groups attached to an aromatic ring is 1. The van der Waals surface area contributed by atoms with Crippen molar-refractivity contribution in [1.82, 2.24) is 14.5 Å². The van der Waals surface area contributed by atoms with Crippen LogP contribution >= 0.6 is 15.9 Å². The van der Waals surface area contributed by atoms with Crippen LogP contribution in [0.4, 0.5) is 11.5 Å². The molecule has 144 valence electrons. The highest BCUT2D eigenvalue weighted by atomic mass is 79.9. The normalized spacial score (nSPS) is 23.8. The van der Waals surface area contributed by atoms with E-state index >= 15 is 0 Å². The second-order valence-electron chi connectivity index (χ2n) is 7.11. The maximum Gasteiger partial charge on any atom is 0.147 e. The van der Waals surface area contributed by atoms with Crippen molar-refractivity contribution in [3.63, 3.8) is 0 Å². The molecule has 28 heavy (non-hydrogen) atoms. The van der Waals surface area contributed by atoms with E-state index in [9.17, 15) is 0 Å². The van der Waals surface area contributed by atoms with Crippen molar-refractivity contribution in [2.24, 2.45) is 4.99 Å². The molecule has 0 bridgehead atoms. The van der Waals surface area contributed by atoms with Gasteiger partial charge in [0.05, 0.1) is 22.0 Å². The molecule has 0 spiro atoms. The molecule has 1 aromatic carbocycles. The highest BCUT2D eigenvalue weighted by molar-refractivity contribution is 9.10. The molecule has 7 nitrogen and oxygen atoms in total. The number of anilines is 1. The summed E-state index contributed by atoms with van der Waals surface area (Å²) in [6.45, 7) is 0.510. The van der Waals surface area contributed by atoms with E-state index in [1.807, 2.05) is 35.2 Å². The lowest BCUT2D eigenvalue weighted by Gasteiger charge is -2.18. The molecule has 2 N–H and O–H groups in total. The molecular formula is C20H20BrN5O2. The van der Waals surface area contributed by atoms with Gasteiger partial charge in [-0.2, -0.15) is 0 Å². The number of aliphatic imine (C=N–C) groups is 1. The molecule has 0 saturated carbocycles. The van der Waals surface area contributed by atoms with Crippen molar-refractivity contribution in [3.8, 4) is 5.75 Å². The molecule has 2 aromatic heterocycles. The third-order valence-electron chi connectivity index (χ3n) is 5.22. The number of nitrogens with zero attached hydrogens (tertiary/aromatic N) is 4. The van der Waals surface area contributed by atoms with E-state index < -0.39 is 0 Å². The Bertz CT molecular complexity index is 1050. The van der Waals surface area contributed by atoms with Gasteiger partial charge in [-0.15, -0.1) is 0 Å². The fraction of sp³-hybridized carbons (Fsp3) is 0.350. The Labute approximate surface area is 170 Å². The van der Waals surface area contributed by atoms with Gasteiger partial charge in [-0.25, -0.2) is 9.97 Å². The Morgan fingerprint density at radius 1 is 1.25 bits per heavy atom. The maximum atomic E-state index is 6.20. The summed E-state index contributed by atoms with van der Waals surface area (Å²) < 4.78 is 14.2. The summed E-state index contributed by atoms with van der Waals surface area (Å²) in [5, 5.41) is 0.853. The summed E-state index contributed by atoms with van der Waals surface area (Å²) >= 11 is 3.58. The lowest BCUT2D eigenvalue weighted by molar-refractivity contribution is -0.0156. The van der Waals surface area contributed by atoms with Gasteiger partial charge in [-0.3, -0.25) is 4.99 Å². The lowest BCUT2D eigenvalue weighted by Crippen LogP contribution is -2.18. The number of hydrogen-bond acceptors (Lipinski definition) is 6. The molecule has 8 heteroatoms. The van der Waals surface area contributed by atoms with Crippen LogP contribution in [0.25, 0.3) is 11.0 Å². The van der Waals surface area contributed by atoms with Gasteiger partial charge >= 0.3 is 0 Å². The first-order chi connectivity index (χ1) is 13.7. The first kappa shape index (κ1) is 17.6. The number of fused-ring (bicyclic) bond motifs is 2. The summed E-state index contributed by atoms with van der Waals surface area (Å²) in [7, 11) is 0. The number of aromatic nitrogens is 3. The number of ether oxygens (including phenoxy) is 2. The molecular weight excluding hydrogens is 422 g/mol. The van der Waals surface area contributed by atoms with Gasteiger partial charge in [0.15, 0.2) is 0 Å². The molecule has 2 aliphatic rings. The summed E-state index contributed by atoms with van der Waals surface area (Å²) in [5.74, 6) is 1.31. The predicted octanol–water partition coefficient (Wildman–Crippen LogP) is 3.79. The van der Waals surface area contributed by atoms with Gasteiger partial charge in [-0.05, 0) is 37.0 Å². The average Bonchev–Trinajstić information content (AvgIpc) is 3.33. The lowest BCUT2D eigenvalue weighted by atomic mass is 10.1. The first-order valence-electron chi connectivity index (χ1n) is 9.34. The molecule has 2 aliphatic heterocycles. The van der Waals surface area contributed by atoms with Crippen LogP contribution in [0.2, 0.25) is 0 Å². The van der Waals surface area contributed by atoms with Crippen molar-refractivity contribution in [2.45, 2.75) is 36.4 Å². The fourth-order valence-electron chi connectivity index (χ4n) is 3.78. The van der Waals surface area contributed by atoms with E-state index in [2.05, 4.69) is 37.0 Å². The third-order valence-corrected chi connectivity index (χ3v) is 5.78. The number of halogens is 1. The maximum absolute atomic E-state index is 6.20. The van der Waals surface area contributed by atoms with Gasteiger partial charge in [0.25, 0.3) is 0 Å². The van der Waals surface area contributed by atoms with Crippen LogP contribution in [-0.2, 0) is 11.2 Å². The summed E-state index contributed by atoms with van der Waals surface area (Å²) in [4.78, 5) is 13.2. The largest absolute Gasteiger partial charge is 0.491 e. The van der Waals surface area contributed by atoms with Gasteiger partial charge in [0.1, 0.15) is 36.4 Å². The minimum atomic E-state index is -0.0654. The predicted molar refractivity (Wildman–Crippen MR) is 112 cm³/mol. The Morgan fingerprint density at radius 3 is 3.11 bits per heavy atom. The molecule has 3 unspecified atom stereocenters. The molecule has 3 atom stereocenters. The SMILES string of the molecule is Nc1ncnc2c1ccn2C1CCC(COc2ccc3c(c2)N=CC(Br)C3)O1. The molecule has 5 rings (SSSR count). The highest BCUT2D eigenvalue weighted by Crippen LogP contribution is 2.33. The number of alkyl halides is 1. The zero-order valence-corrected chi connectivity index (χ0v) is 16.7. The van der Waals surface area contributed by atoms with Crippen molar-refractivity contribution in [3.05, 3.63) is 42.4 Å². The van der Waals surface area contributed by atoms with Crippen LogP contribution in [0.5, 0.6) is 5.75 Å². The van der Waals surface area contributed by atoms with Gasteiger partial charge in [-0.1, -0.05) is 22.0 Å². The number of nitrogens with two attached hydrogens (primary N) is 1. The zero-order chi connectivity index (χ0) is 19.1. The Hall–Kier alpha value is -2.45. The van der Waals surface area contributed by atoms with Crippen molar-refractivity contribution >= 4 is 44.7 Å². The smallest absolute Gasteiger partial charge is 0.147 e. The molecule has 4 heterocycles. The van der Waals surface area contributed by atoms with E-state index in [0.29, 0.717) is 17.3 Å². The van der Waals surface area contributed by atoms with Crippen LogP contribution in [0.15, 0.2) is 41.8 Å². The molecule has 0 amide bonds. The van der Waals surface area contributed by atoms with Crippen LogP contribution in [0.1, 0.15) is 24.6 Å². The summed E-state index contributed by atoms with van der Waals surface area (Å²) in [5.41, 5.74) is 8.94. The number of benzene rings is 1. The van der Waals surface area contributed by atoms with Crippen LogP contribution < -0.4 is 10.5 Å². The van der Waals surface area contributed by atoms with Crippen molar-refractivity contribution in [2.75, 3.05) is 12.3 Å². The minimum absolute atomic E-state index is 0.0353. The Balaban J connectivity index is 1.24. The molecule has 0 aliphatic carbocycles. The van der Waals surface area contributed by atoms with E-state index in [-0.39, 0.29) is 12.3 Å². The second-order valence-corrected chi connectivity index (χ2v) is 8.29. The summed E-state index contributed by atoms with van der Waals surface area (Å²) in [6.07, 6.45) is 8.13. The minimum Gasteiger partial charge on any atom is -0.491 e. The third kappa shape index (κ3) is 3.27. The van der Waals surface area contributed by atoms with E-state index in [4.69, 9.17) is 15.2 Å². The van der Waals surface area contributed by atoms with Crippen LogP contribution in [0.3, 0.4) is 0 Å². The fourth-order valence-corrected chi connectivity index (χ4v) is 4.24. The second kappa shape index (κ2) is 7.18. The van der Waals surface area contributed by atoms with Gasteiger partial charge < -0.3 is 19.8 Å². The van der Waals surface area contributed by atoms with Gasteiger partial charge in [0.2, 0.25) is 0 Å². The molecule has 1 saturated heterocycles. The number of rotatable bonds is 4. The van der Waals surface area contributed by atoms with Crippen molar-refractivity contribution in [1.29, 1.82) is 0 Å². The number of hydrogen-bond donors (Lipinski definition) is 1. The quantitative estimate of drug-likeness (QED) is 0.622. The topological polar surface area (TPSA) is 87.5 Å². The first-order valence-corrected chi connectivity index (χ1v) is 10.3. The van der Waals surface area contributed by atoms with E-state index in [0.717, 1.165) is 41.7 Å². The van der Waals surface area contributed by atoms with Crippen molar-refractivity contribution < 1.29 is 9.47 Å². The Kier molecular flexibility index (Phi) is 4.52.